The first-order chi connectivity index (χ1) is 9.79. The topological polar surface area (TPSA) is 35.2 Å². The van der Waals surface area contributed by atoms with Crippen LogP contribution in [-0.2, 0) is 6.42 Å². The molecule has 0 amide bonds. The van der Waals surface area contributed by atoms with E-state index in [1.807, 2.05) is 6.07 Å². The maximum atomic E-state index is 6.16. The fraction of sp³-hybridized carbons (Fsp3) is 0.667. The van der Waals surface area contributed by atoms with Gasteiger partial charge in [-0.15, -0.1) is 0 Å². The van der Waals surface area contributed by atoms with E-state index in [0.29, 0.717) is 0 Å². The number of ether oxygens (including phenoxy) is 1. The molecule has 1 aliphatic carbocycles. The summed E-state index contributed by atoms with van der Waals surface area (Å²) >= 11 is 0. The van der Waals surface area contributed by atoms with Crippen molar-refractivity contribution in [2.75, 3.05) is 12.3 Å². The number of hydrogen-bond acceptors (Lipinski definition) is 2. The minimum atomic E-state index is 0.789. The second-order valence-corrected chi connectivity index (χ2v) is 6.11. The van der Waals surface area contributed by atoms with Crippen molar-refractivity contribution in [3.05, 3.63) is 23.8 Å². The highest BCUT2D eigenvalue weighted by Gasteiger charge is 2.13. The summed E-state index contributed by atoms with van der Waals surface area (Å²) in [5.41, 5.74) is 8.35. The number of hydrogen-bond donors (Lipinski definition) is 1. The van der Waals surface area contributed by atoms with Gasteiger partial charge in [0.05, 0.1) is 6.61 Å². The predicted molar refractivity (Wildman–Crippen MR) is 86.2 cm³/mol. The maximum Gasteiger partial charge on any atom is 0.121 e. The highest BCUT2D eigenvalue weighted by molar-refractivity contribution is 5.51. The molecule has 0 saturated heterocycles. The predicted octanol–water partition coefficient (Wildman–Crippen LogP) is 4.96. The Labute approximate surface area is 123 Å². The van der Waals surface area contributed by atoms with Crippen LogP contribution in [0.2, 0.25) is 0 Å². The van der Waals surface area contributed by atoms with Crippen LogP contribution < -0.4 is 10.5 Å². The summed E-state index contributed by atoms with van der Waals surface area (Å²) in [6.45, 7) is 2.96. The zero-order valence-corrected chi connectivity index (χ0v) is 12.9. The Bertz CT molecular complexity index is 396. The first kappa shape index (κ1) is 15.2. The molecule has 0 unspecified atom stereocenters. The number of nitrogens with two attached hydrogens (primary N) is 1. The molecule has 20 heavy (non-hydrogen) atoms. The Morgan fingerprint density at radius 1 is 1.20 bits per heavy atom. The van der Waals surface area contributed by atoms with Crippen LogP contribution in [0.3, 0.4) is 0 Å². The molecular formula is C18H29NO. The largest absolute Gasteiger partial charge is 0.494 e. The molecule has 1 aromatic rings. The Balaban J connectivity index is 1.82. The summed E-state index contributed by atoms with van der Waals surface area (Å²) in [6, 6.07) is 6.22. The zero-order chi connectivity index (χ0) is 14.2. The number of nitrogen functional groups attached to an aromatic ring is 1. The highest BCUT2D eigenvalue weighted by Crippen LogP contribution is 2.29. The number of anilines is 1. The lowest BCUT2D eigenvalue weighted by Gasteiger charge is -2.21. The molecule has 0 bridgehead atoms. The van der Waals surface area contributed by atoms with Gasteiger partial charge in [0.15, 0.2) is 0 Å². The van der Waals surface area contributed by atoms with Crippen LogP contribution in [0.25, 0.3) is 0 Å². The molecule has 1 aliphatic rings. The molecule has 1 aromatic carbocycles. The number of aryl methyl sites for hydroxylation is 1. The Morgan fingerprint density at radius 2 is 2.00 bits per heavy atom. The van der Waals surface area contributed by atoms with E-state index in [-0.39, 0.29) is 0 Å². The minimum absolute atomic E-state index is 0.789. The van der Waals surface area contributed by atoms with Crippen molar-refractivity contribution in [3.63, 3.8) is 0 Å². The van der Waals surface area contributed by atoms with Crippen LogP contribution >= 0.6 is 0 Å². The molecule has 0 atom stereocenters. The number of unbranched alkanes of at least 4 members (excludes halogenated alkanes) is 1. The fourth-order valence-electron chi connectivity index (χ4n) is 3.06. The third-order valence-corrected chi connectivity index (χ3v) is 4.43. The SMILES string of the molecule is CCCCOc1ccc(CCC2CCCCC2)c(N)c1. The van der Waals surface area contributed by atoms with Gasteiger partial charge < -0.3 is 10.5 Å². The van der Waals surface area contributed by atoms with Gasteiger partial charge in [0.25, 0.3) is 0 Å². The van der Waals surface area contributed by atoms with Crippen molar-refractivity contribution >= 4 is 5.69 Å². The van der Waals surface area contributed by atoms with E-state index in [1.54, 1.807) is 0 Å². The average Bonchev–Trinajstić information content (AvgIpc) is 2.48. The average molecular weight is 275 g/mol. The fourth-order valence-corrected chi connectivity index (χ4v) is 3.06. The molecule has 2 N–H and O–H groups in total. The van der Waals surface area contributed by atoms with Gasteiger partial charge >= 0.3 is 0 Å². The van der Waals surface area contributed by atoms with Gasteiger partial charge in [0.2, 0.25) is 0 Å². The monoisotopic (exact) mass is 275 g/mol. The minimum Gasteiger partial charge on any atom is -0.494 e. The van der Waals surface area contributed by atoms with Gasteiger partial charge in [-0.2, -0.15) is 0 Å². The standard InChI is InChI=1S/C18H29NO/c1-2-3-13-20-17-12-11-16(18(19)14-17)10-9-15-7-5-4-6-8-15/h11-12,14-15H,2-10,13,19H2,1H3. The van der Waals surface area contributed by atoms with Crippen molar-refractivity contribution in [3.8, 4) is 5.75 Å². The summed E-state index contributed by atoms with van der Waals surface area (Å²) in [4.78, 5) is 0. The summed E-state index contributed by atoms with van der Waals surface area (Å²) in [5, 5.41) is 0. The van der Waals surface area contributed by atoms with Gasteiger partial charge in [-0.3, -0.25) is 0 Å². The van der Waals surface area contributed by atoms with Crippen molar-refractivity contribution in [2.24, 2.45) is 5.92 Å². The second-order valence-electron chi connectivity index (χ2n) is 6.11. The number of benzene rings is 1. The molecule has 0 spiro atoms. The van der Waals surface area contributed by atoms with Crippen LogP contribution in [0.15, 0.2) is 18.2 Å². The van der Waals surface area contributed by atoms with Gasteiger partial charge in [-0.25, -0.2) is 0 Å². The van der Waals surface area contributed by atoms with E-state index in [9.17, 15) is 0 Å². The molecule has 2 heteroatoms. The van der Waals surface area contributed by atoms with Gasteiger partial charge in [0.1, 0.15) is 5.75 Å². The lowest BCUT2D eigenvalue weighted by molar-refractivity contribution is 0.309. The van der Waals surface area contributed by atoms with Crippen LogP contribution in [0.1, 0.15) is 63.9 Å². The van der Waals surface area contributed by atoms with Crippen molar-refractivity contribution in [2.45, 2.75) is 64.7 Å². The molecule has 1 saturated carbocycles. The van der Waals surface area contributed by atoms with Crippen LogP contribution in [0.5, 0.6) is 5.75 Å². The third-order valence-electron chi connectivity index (χ3n) is 4.43. The van der Waals surface area contributed by atoms with E-state index in [1.165, 1.54) is 44.1 Å². The first-order valence-corrected chi connectivity index (χ1v) is 8.30. The molecule has 0 aromatic heterocycles. The molecule has 0 aliphatic heterocycles. The van der Waals surface area contributed by atoms with Gasteiger partial charge in [-0.1, -0.05) is 51.5 Å². The molecular weight excluding hydrogens is 246 g/mol. The highest BCUT2D eigenvalue weighted by atomic mass is 16.5. The van der Waals surface area contributed by atoms with Gasteiger partial charge in [0, 0.05) is 11.8 Å². The Kier molecular flexibility index (Phi) is 6.23. The van der Waals surface area contributed by atoms with E-state index in [2.05, 4.69) is 19.1 Å². The summed E-state index contributed by atoms with van der Waals surface area (Å²) < 4.78 is 5.70. The summed E-state index contributed by atoms with van der Waals surface area (Å²) in [6.07, 6.45) is 11.8. The van der Waals surface area contributed by atoms with E-state index >= 15 is 0 Å². The van der Waals surface area contributed by atoms with Crippen molar-refractivity contribution in [1.82, 2.24) is 0 Å². The molecule has 2 rings (SSSR count). The van der Waals surface area contributed by atoms with Crippen LogP contribution in [0, 0.1) is 5.92 Å². The normalized spacial score (nSPS) is 16.2. The van der Waals surface area contributed by atoms with Crippen LogP contribution in [-0.4, -0.2) is 6.61 Å². The zero-order valence-electron chi connectivity index (χ0n) is 12.9. The van der Waals surface area contributed by atoms with E-state index in [4.69, 9.17) is 10.5 Å². The Morgan fingerprint density at radius 3 is 2.70 bits per heavy atom. The molecule has 0 heterocycles. The molecule has 1 fully saturated rings. The quantitative estimate of drug-likeness (QED) is 0.564. The smallest absolute Gasteiger partial charge is 0.121 e. The van der Waals surface area contributed by atoms with Crippen molar-refractivity contribution in [1.29, 1.82) is 0 Å². The maximum absolute atomic E-state index is 6.16. The Hall–Kier alpha value is -1.18. The lowest BCUT2D eigenvalue weighted by Crippen LogP contribution is -2.08. The van der Waals surface area contributed by atoms with Gasteiger partial charge in [-0.05, 0) is 36.8 Å². The molecule has 112 valence electrons. The summed E-state index contributed by atoms with van der Waals surface area (Å²) in [7, 11) is 0. The van der Waals surface area contributed by atoms with Crippen LogP contribution in [0.4, 0.5) is 5.69 Å². The van der Waals surface area contributed by atoms with E-state index < -0.39 is 0 Å². The summed E-state index contributed by atoms with van der Waals surface area (Å²) in [5.74, 6) is 1.83. The molecule has 2 nitrogen and oxygen atoms in total. The molecule has 0 radical (unpaired) electrons. The first-order valence-electron chi connectivity index (χ1n) is 8.30. The van der Waals surface area contributed by atoms with Crippen molar-refractivity contribution < 1.29 is 4.74 Å². The third kappa shape index (κ3) is 4.73. The van der Waals surface area contributed by atoms with E-state index in [0.717, 1.165) is 43.2 Å². The second kappa shape index (κ2) is 8.18. The number of rotatable bonds is 7. The lowest BCUT2D eigenvalue weighted by atomic mass is 9.85.